The van der Waals surface area contributed by atoms with Gasteiger partial charge in [0.05, 0.1) is 18.9 Å². The van der Waals surface area contributed by atoms with E-state index in [9.17, 15) is 5.11 Å². The maximum absolute atomic E-state index is 9.20. The Kier molecular flexibility index (Phi) is 6.00. The summed E-state index contributed by atoms with van der Waals surface area (Å²) in [6.07, 6.45) is 5.15. The van der Waals surface area contributed by atoms with Crippen molar-refractivity contribution >= 4 is 0 Å². The lowest BCUT2D eigenvalue weighted by Gasteiger charge is -2.10. The van der Waals surface area contributed by atoms with E-state index in [2.05, 4.69) is 32.0 Å². The highest BCUT2D eigenvalue weighted by Gasteiger charge is 2.21. The van der Waals surface area contributed by atoms with Gasteiger partial charge >= 0.3 is 0 Å². The quantitative estimate of drug-likeness (QED) is 0.554. The van der Waals surface area contributed by atoms with E-state index < -0.39 is 0 Å². The van der Waals surface area contributed by atoms with Gasteiger partial charge in [0.15, 0.2) is 0 Å². The maximum atomic E-state index is 9.20. The van der Waals surface area contributed by atoms with Crippen molar-refractivity contribution in [2.24, 2.45) is 0 Å². The van der Waals surface area contributed by atoms with Gasteiger partial charge in [0.2, 0.25) is 5.89 Å². The van der Waals surface area contributed by atoms with E-state index in [-0.39, 0.29) is 6.61 Å². The van der Waals surface area contributed by atoms with Crippen molar-refractivity contribution in [3.8, 4) is 17.2 Å². The second-order valence-corrected chi connectivity index (χ2v) is 7.70. The van der Waals surface area contributed by atoms with Crippen molar-refractivity contribution in [3.63, 3.8) is 0 Å². The summed E-state index contributed by atoms with van der Waals surface area (Å²) in [6.45, 7) is 4.96. The van der Waals surface area contributed by atoms with Crippen LogP contribution in [-0.4, -0.2) is 16.7 Å². The van der Waals surface area contributed by atoms with Crippen LogP contribution in [0.15, 0.2) is 46.9 Å². The first-order valence-corrected chi connectivity index (χ1v) is 10.7. The van der Waals surface area contributed by atoms with E-state index in [0.29, 0.717) is 18.4 Å². The Morgan fingerprint density at radius 1 is 1.14 bits per heavy atom. The van der Waals surface area contributed by atoms with Crippen molar-refractivity contribution in [1.82, 2.24) is 4.98 Å². The minimum atomic E-state index is 0.0382. The minimum Gasteiger partial charge on any atom is -0.493 e. The first kappa shape index (κ1) is 19.7. The third-order valence-electron chi connectivity index (χ3n) is 5.90. The van der Waals surface area contributed by atoms with E-state index in [1.54, 1.807) is 0 Å². The molecule has 4 nitrogen and oxygen atoms in total. The summed E-state index contributed by atoms with van der Waals surface area (Å²) in [5.74, 6) is 3.20. The molecule has 29 heavy (non-hydrogen) atoms. The van der Waals surface area contributed by atoms with Gasteiger partial charge in [-0.15, -0.1) is 0 Å². The smallest absolute Gasteiger partial charge is 0.226 e. The van der Waals surface area contributed by atoms with Crippen LogP contribution in [0.3, 0.4) is 0 Å². The van der Waals surface area contributed by atoms with Crippen LogP contribution >= 0.6 is 0 Å². The van der Waals surface area contributed by atoms with Gasteiger partial charge in [-0.05, 0) is 66.1 Å². The van der Waals surface area contributed by atoms with Crippen LogP contribution in [0.25, 0.3) is 11.5 Å². The molecule has 1 N–H and O–H groups in total. The van der Waals surface area contributed by atoms with Crippen LogP contribution in [0.1, 0.15) is 60.8 Å². The molecular formula is C25H29NO3. The van der Waals surface area contributed by atoms with Crippen LogP contribution in [0.5, 0.6) is 5.75 Å². The number of aromatic nitrogens is 1. The average molecular weight is 392 g/mol. The van der Waals surface area contributed by atoms with Crippen molar-refractivity contribution in [2.75, 3.05) is 6.61 Å². The molecule has 0 saturated carbocycles. The molecule has 0 bridgehead atoms. The molecule has 2 aromatic carbocycles. The molecule has 0 unspecified atom stereocenters. The second kappa shape index (κ2) is 8.83. The fourth-order valence-electron chi connectivity index (χ4n) is 4.19. The topological polar surface area (TPSA) is 55.5 Å². The number of aliphatic hydroxyl groups is 1. The molecule has 0 spiro atoms. The van der Waals surface area contributed by atoms with Crippen molar-refractivity contribution in [1.29, 1.82) is 0 Å². The van der Waals surface area contributed by atoms with Crippen LogP contribution in [-0.2, 0) is 25.9 Å². The Labute approximate surface area is 172 Å². The number of oxazole rings is 1. The highest BCUT2D eigenvalue weighted by atomic mass is 16.5. The van der Waals surface area contributed by atoms with Gasteiger partial charge in [-0.1, -0.05) is 32.0 Å². The predicted octanol–water partition coefficient (Wildman–Crippen LogP) is 5.46. The van der Waals surface area contributed by atoms with E-state index in [1.807, 2.05) is 24.3 Å². The molecule has 1 heterocycles. The van der Waals surface area contributed by atoms with Gasteiger partial charge in [0.1, 0.15) is 11.5 Å². The molecule has 1 aliphatic rings. The number of fused-ring (bicyclic) bond motifs is 1. The van der Waals surface area contributed by atoms with Crippen molar-refractivity contribution < 1.29 is 14.3 Å². The number of aliphatic hydroxyl groups excluding tert-OH is 1. The molecule has 0 amide bonds. The molecule has 0 aliphatic heterocycles. The maximum Gasteiger partial charge on any atom is 0.226 e. The zero-order valence-corrected chi connectivity index (χ0v) is 17.3. The number of hydrogen-bond acceptors (Lipinski definition) is 4. The number of rotatable bonds is 8. The number of aryl methyl sites for hydroxylation is 2. The first-order valence-electron chi connectivity index (χ1n) is 10.7. The van der Waals surface area contributed by atoms with Gasteiger partial charge in [0, 0.05) is 18.4 Å². The summed E-state index contributed by atoms with van der Waals surface area (Å²) in [5, 5.41) is 9.20. The number of benzene rings is 2. The van der Waals surface area contributed by atoms with Crippen LogP contribution < -0.4 is 4.74 Å². The largest absolute Gasteiger partial charge is 0.493 e. The lowest BCUT2D eigenvalue weighted by molar-refractivity contribution is 0.282. The summed E-state index contributed by atoms with van der Waals surface area (Å²) >= 11 is 0. The molecule has 1 aliphatic carbocycles. The first-order chi connectivity index (χ1) is 14.2. The van der Waals surface area contributed by atoms with E-state index >= 15 is 0 Å². The van der Waals surface area contributed by atoms with E-state index in [1.165, 1.54) is 24.0 Å². The second-order valence-electron chi connectivity index (χ2n) is 7.70. The Hall–Kier alpha value is -2.59. The molecule has 1 atom stereocenters. The molecular weight excluding hydrogens is 362 g/mol. The standard InChI is InChI=1S/C25H29NO3/c1-3-18-9-10-20-15-21(11-12-22(18)20)28-14-13-23-24(4-2)29-25(26-23)19-7-5-17(16-27)6-8-19/h5-8,11-12,15,18,27H,3-4,9-10,13-14,16H2,1-2H3/t18-/m0/s1. The molecule has 4 heteroatoms. The zero-order chi connectivity index (χ0) is 20.2. The third-order valence-corrected chi connectivity index (χ3v) is 5.90. The highest BCUT2D eigenvalue weighted by molar-refractivity contribution is 5.54. The summed E-state index contributed by atoms with van der Waals surface area (Å²) in [6, 6.07) is 14.2. The van der Waals surface area contributed by atoms with E-state index in [0.717, 1.165) is 47.6 Å². The minimum absolute atomic E-state index is 0.0382. The Morgan fingerprint density at radius 3 is 2.69 bits per heavy atom. The summed E-state index contributed by atoms with van der Waals surface area (Å²) < 4.78 is 12.0. The monoisotopic (exact) mass is 391 g/mol. The number of ether oxygens (including phenoxy) is 1. The third kappa shape index (κ3) is 4.23. The molecule has 4 rings (SSSR count). The van der Waals surface area contributed by atoms with Gasteiger partial charge in [-0.2, -0.15) is 0 Å². The molecule has 0 radical (unpaired) electrons. The van der Waals surface area contributed by atoms with E-state index in [4.69, 9.17) is 14.1 Å². The lowest BCUT2D eigenvalue weighted by Crippen LogP contribution is -2.04. The number of hydrogen-bond donors (Lipinski definition) is 1. The average Bonchev–Trinajstić information content (AvgIpc) is 3.37. The van der Waals surface area contributed by atoms with Crippen LogP contribution in [0, 0.1) is 0 Å². The SMILES string of the molecule is CCc1oc(-c2ccc(CO)cc2)nc1CCOc1ccc2c(c1)CC[C@@H]2CC. The molecule has 0 fully saturated rings. The van der Waals surface area contributed by atoms with Gasteiger partial charge in [-0.3, -0.25) is 0 Å². The summed E-state index contributed by atoms with van der Waals surface area (Å²) in [7, 11) is 0. The van der Waals surface area contributed by atoms with Crippen molar-refractivity contribution in [2.45, 2.75) is 58.5 Å². The molecule has 152 valence electrons. The summed E-state index contributed by atoms with van der Waals surface area (Å²) in [5.41, 5.74) is 5.71. The molecule has 1 aromatic heterocycles. The van der Waals surface area contributed by atoms with Crippen LogP contribution in [0.4, 0.5) is 0 Å². The highest BCUT2D eigenvalue weighted by Crippen LogP contribution is 2.37. The van der Waals surface area contributed by atoms with Crippen LogP contribution in [0.2, 0.25) is 0 Å². The molecule has 0 saturated heterocycles. The fraction of sp³-hybridized carbons (Fsp3) is 0.400. The van der Waals surface area contributed by atoms with Gasteiger partial charge in [0.25, 0.3) is 0 Å². The Balaban J connectivity index is 1.41. The lowest BCUT2D eigenvalue weighted by atomic mass is 9.99. The fourth-order valence-corrected chi connectivity index (χ4v) is 4.19. The Morgan fingerprint density at radius 2 is 1.97 bits per heavy atom. The summed E-state index contributed by atoms with van der Waals surface area (Å²) in [4.78, 5) is 4.71. The normalized spacial score (nSPS) is 15.5. The zero-order valence-electron chi connectivity index (χ0n) is 17.3. The van der Waals surface area contributed by atoms with Gasteiger partial charge < -0.3 is 14.3 Å². The van der Waals surface area contributed by atoms with Crippen molar-refractivity contribution in [3.05, 3.63) is 70.6 Å². The number of nitrogens with zero attached hydrogens (tertiary/aromatic N) is 1. The molecule has 3 aromatic rings. The Bertz CT molecular complexity index is 959. The predicted molar refractivity (Wildman–Crippen MR) is 114 cm³/mol. The van der Waals surface area contributed by atoms with Gasteiger partial charge in [-0.25, -0.2) is 4.98 Å².